The van der Waals surface area contributed by atoms with Crippen LogP contribution in [0, 0.1) is 6.92 Å². The molecule has 1 amide bonds. The van der Waals surface area contributed by atoms with E-state index in [0.29, 0.717) is 27.0 Å². The predicted octanol–water partition coefficient (Wildman–Crippen LogP) is 5.25. The molecule has 0 bridgehead atoms. The van der Waals surface area contributed by atoms with Crippen LogP contribution >= 0.6 is 34.5 Å². The van der Waals surface area contributed by atoms with Gasteiger partial charge in [-0.1, -0.05) is 46.7 Å². The second-order valence-corrected chi connectivity index (χ2v) is 7.15. The topological polar surface area (TPSA) is 34.4 Å². The van der Waals surface area contributed by atoms with Crippen LogP contribution in [0.25, 0.3) is 10.2 Å². The Balaban J connectivity index is 2.16. The molecule has 0 unspecified atom stereocenters. The molecule has 0 N–H and O–H groups in total. The van der Waals surface area contributed by atoms with E-state index in [1.807, 2.05) is 23.6 Å². The van der Waals surface area contributed by atoms with Crippen molar-refractivity contribution in [3.63, 3.8) is 0 Å². The summed E-state index contributed by atoms with van der Waals surface area (Å²) in [7, 11) is 0. The lowest BCUT2D eigenvalue weighted by Gasteiger charge is -2.02. The number of halogens is 2. The van der Waals surface area contributed by atoms with Crippen molar-refractivity contribution in [3.05, 3.63) is 75.0 Å². The van der Waals surface area contributed by atoms with E-state index in [4.69, 9.17) is 23.2 Å². The smallest absolute Gasteiger partial charge is 0.281 e. The highest BCUT2D eigenvalue weighted by molar-refractivity contribution is 7.16. The first-order chi connectivity index (χ1) is 11.5. The summed E-state index contributed by atoms with van der Waals surface area (Å²) in [6.07, 6.45) is 1.78. The normalized spacial score (nSPS) is 11.9. The van der Waals surface area contributed by atoms with E-state index in [1.165, 1.54) is 17.4 Å². The molecule has 0 aliphatic rings. The summed E-state index contributed by atoms with van der Waals surface area (Å²) >= 11 is 13.5. The largest absolute Gasteiger partial charge is 0.312 e. The Morgan fingerprint density at radius 3 is 2.79 bits per heavy atom. The number of carbonyl (C=O) groups excluding carboxylic acids is 1. The summed E-state index contributed by atoms with van der Waals surface area (Å²) in [5, 5.41) is 0.777. The number of aryl methyl sites for hydroxylation is 1. The van der Waals surface area contributed by atoms with Crippen LogP contribution in [0.1, 0.15) is 15.9 Å². The molecule has 0 aliphatic heterocycles. The Kier molecular flexibility index (Phi) is 4.90. The molecule has 0 saturated carbocycles. The van der Waals surface area contributed by atoms with Gasteiger partial charge in [0, 0.05) is 11.6 Å². The van der Waals surface area contributed by atoms with Crippen LogP contribution in [0.4, 0.5) is 0 Å². The lowest BCUT2D eigenvalue weighted by molar-refractivity contribution is 0.0998. The van der Waals surface area contributed by atoms with E-state index in [2.05, 4.69) is 17.6 Å². The van der Waals surface area contributed by atoms with Gasteiger partial charge in [-0.2, -0.15) is 4.99 Å². The Morgan fingerprint density at radius 2 is 2.08 bits per heavy atom. The van der Waals surface area contributed by atoms with Crippen molar-refractivity contribution in [2.45, 2.75) is 13.5 Å². The molecule has 0 spiro atoms. The highest BCUT2D eigenvalue weighted by Crippen LogP contribution is 2.22. The molecule has 3 nitrogen and oxygen atoms in total. The molecule has 2 aromatic carbocycles. The van der Waals surface area contributed by atoms with Gasteiger partial charge < -0.3 is 4.57 Å². The average molecular weight is 377 g/mol. The minimum atomic E-state index is -0.391. The Labute approximate surface area is 153 Å². The molecule has 3 rings (SSSR count). The highest BCUT2D eigenvalue weighted by Gasteiger charge is 2.12. The molecule has 0 fully saturated rings. The minimum absolute atomic E-state index is 0.295. The third-order valence-corrected chi connectivity index (χ3v) is 5.10. The maximum atomic E-state index is 12.5. The fraction of sp³-hybridized carbons (Fsp3) is 0.111. The summed E-state index contributed by atoms with van der Waals surface area (Å²) in [5.74, 6) is -0.391. The first-order valence-corrected chi connectivity index (χ1v) is 8.82. The van der Waals surface area contributed by atoms with Gasteiger partial charge in [-0.05, 0) is 42.8 Å². The van der Waals surface area contributed by atoms with Gasteiger partial charge in [0.25, 0.3) is 5.91 Å². The molecule has 0 radical (unpaired) electrons. The van der Waals surface area contributed by atoms with Crippen molar-refractivity contribution in [2.24, 2.45) is 4.99 Å². The van der Waals surface area contributed by atoms with Gasteiger partial charge in [0.15, 0.2) is 4.80 Å². The number of nitrogens with zero attached hydrogens (tertiary/aromatic N) is 2. The van der Waals surface area contributed by atoms with Crippen molar-refractivity contribution < 1.29 is 4.79 Å². The predicted molar refractivity (Wildman–Crippen MR) is 101 cm³/mol. The van der Waals surface area contributed by atoms with Crippen molar-refractivity contribution in [2.75, 3.05) is 0 Å². The van der Waals surface area contributed by atoms with Crippen LogP contribution in [0.5, 0.6) is 0 Å². The molecule has 1 heterocycles. The van der Waals surface area contributed by atoms with E-state index in [1.54, 1.807) is 18.2 Å². The van der Waals surface area contributed by atoms with E-state index >= 15 is 0 Å². The van der Waals surface area contributed by atoms with E-state index in [0.717, 1.165) is 15.8 Å². The SMILES string of the molecule is C=CCn1c(=NC(=O)c2ccc(Cl)cc2Cl)sc2cc(C)ccc21. The lowest BCUT2D eigenvalue weighted by Crippen LogP contribution is -2.16. The first-order valence-electron chi connectivity index (χ1n) is 7.24. The molecule has 1 aromatic heterocycles. The Morgan fingerprint density at radius 1 is 1.29 bits per heavy atom. The third-order valence-electron chi connectivity index (χ3n) is 3.51. The zero-order valence-electron chi connectivity index (χ0n) is 12.9. The number of benzene rings is 2. The zero-order valence-corrected chi connectivity index (χ0v) is 15.3. The Hall–Kier alpha value is -1.88. The summed E-state index contributed by atoms with van der Waals surface area (Å²) < 4.78 is 3.04. The molecule has 0 atom stereocenters. The fourth-order valence-corrected chi connectivity index (χ4v) is 4.01. The van der Waals surface area contributed by atoms with Gasteiger partial charge in [-0.25, -0.2) is 0 Å². The summed E-state index contributed by atoms with van der Waals surface area (Å²) in [6.45, 7) is 6.39. The van der Waals surface area contributed by atoms with E-state index in [-0.39, 0.29) is 0 Å². The monoisotopic (exact) mass is 376 g/mol. The zero-order chi connectivity index (χ0) is 17.3. The van der Waals surface area contributed by atoms with Crippen molar-refractivity contribution >= 4 is 50.7 Å². The quantitative estimate of drug-likeness (QED) is 0.575. The van der Waals surface area contributed by atoms with E-state index in [9.17, 15) is 4.79 Å². The van der Waals surface area contributed by atoms with Gasteiger partial charge in [-0.15, -0.1) is 6.58 Å². The number of amides is 1. The maximum Gasteiger partial charge on any atom is 0.281 e. The van der Waals surface area contributed by atoms with Crippen LogP contribution in [-0.4, -0.2) is 10.5 Å². The minimum Gasteiger partial charge on any atom is -0.312 e. The van der Waals surface area contributed by atoms with E-state index < -0.39 is 5.91 Å². The number of fused-ring (bicyclic) bond motifs is 1. The van der Waals surface area contributed by atoms with Gasteiger partial charge in [0.05, 0.1) is 20.8 Å². The van der Waals surface area contributed by atoms with Crippen LogP contribution < -0.4 is 4.80 Å². The number of rotatable bonds is 3. The maximum absolute atomic E-state index is 12.5. The first kappa shape index (κ1) is 17.0. The van der Waals surface area contributed by atoms with Gasteiger partial charge in [0.2, 0.25) is 0 Å². The number of aromatic nitrogens is 1. The third kappa shape index (κ3) is 3.31. The second-order valence-electron chi connectivity index (χ2n) is 5.30. The summed E-state index contributed by atoms with van der Waals surface area (Å²) in [6, 6.07) is 10.9. The molecule has 122 valence electrons. The standard InChI is InChI=1S/C18H14Cl2N2OS/c1-3-8-22-15-7-4-11(2)9-16(15)24-18(22)21-17(23)13-6-5-12(19)10-14(13)20/h3-7,9-10H,1,8H2,2H3. The molecule has 24 heavy (non-hydrogen) atoms. The average Bonchev–Trinajstić information content (AvgIpc) is 2.84. The second kappa shape index (κ2) is 6.93. The fourth-order valence-electron chi connectivity index (χ4n) is 2.38. The summed E-state index contributed by atoms with van der Waals surface area (Å²) in [4.78, 5) is 17.4. The van der Waals surface area contributed by atoms with Crippen molar-refractivity contribution in [3.8, 4) is 0 Å². The molecule has 0 aliphatic carbocycles. The number of hydrogen-bond donors (Lipinski definition) is 0. The van der Waals surface area contributed by atoms with Crippen molar-refractivity contribution in [1.82, 2.24) is 4.57 Å². The van der Waals surface area contributed by atoms with Gasteiger partial charge in [-0.3, -0.25) is 4.79 Å². The van der Waals surface area contributed by atoms with Crippen LogP contribution in [-0.2, 0) is 6.54 Å². The lowest BCUT2D eigenvalue weighted by atomic mass is 10.2. The number of thiazole rings is 1. The van der Waals surface area contributed by atoms with Gasteiger partial charge in [0.1, 0.15) is 0 Å². The van der Waals surface area contributed by atoms with Crippen LogP contribution in [0.2, 0.25) is 10.0 Å². The number of hydrogen-bond acceptors (Lipinski definition) is 2. The molecule has 6 heteroatoms. The van der Waals surface area contributed by atoms with Crippen molar-refractivity contribution in [1.29, 1.82) is 0 Å². The number of allylic oxidation sites excluding steroid dienone is 1. The summed E-state index contributed by atoms with van der Waals surface area (Å²) in [5.41, 5.74) is 2.52. The number of carbonyl (C=O) groups is 1. The molecule has 0 saturated heterocycles. The molecule has 3 aromatic rings. The molecular weight excluding hydrogens is 363 g/mol. The highest BCUT2D eigenvalue weighted by atomic mass is 35.5. The van der Waals surface area contributed by atoms with Gasteiger partial charge >= 0.3 is 0 Å². The molecular formula is C18H14Cl2N2OS. The van der Waals surface area contributed by atoms with Crippen LogP contribution in [0.15, 0.2) is 54.0 Å². The van der Waals surface area contributed by atoms with Crippen LogP contribution in [0.3, 0.4) is 0 Å². The Bertz CT molecular complexity index is 1020.